The van der Waals surface area contributed by atoms with E-state index in [0.29, 0.717) is 23.3 Å². The second-order valence-electron chi connectivity index (χ2n) is 4.54. The van der Waals surface area contributed by atoms with Gasteiger partial charge in [0.15, 0.2) is 0 Å². The third kappa shape index (κ3) is 2.86. The van der Waals surface area contributed by atoms with E-state index in [1.807, 2.05) is 11.8 Å². The SMILES string of the molecule is CC1(C)CCC(SCCCO)C1N. The Kier molecular flexibility index (Phi) is 4.07. The molecule has 2 unspecified atom stereocenters. The van der Waals surface area contributed by atoms with Crippen molar-refractivity contribution in [3.8, 4) is 0 Å². The molecule has 3 heteroatoms. The number of hydrogen-bond acceptors (Lipinski definition) is 3. The average Bonchev–Trinajstić information content (AvgIpc) is 2.32. The molecule has 78 valence electrons. The van der Waals surface area contributed by atoms with Gasteiger partial charge in [0, 0.05) is 17.9 Å². The van der Waals surface area contributed by atoms with Gasteiger partial charge in [0.25, 0.3) is 0 Å². The van der Waals surface area contributed by atoms with Crippen LogP contribution in [0.4, 0.5) is 0 Å². The first-order valence-corrected chi connectivity index (χ1v) is 6.11. The molecule has 0 aliphatic heterocycles. The first-order valence-electron chi connectivity index (χ1n) is 5.06. The zero-order valence-corrected chi connectivity index (χ0v) is 9.44. The van der Waals surface area contributed by atoms with Gasteiger partial charge < -0.3 is 10.8 Å². The van der Waals surface area contributed by atoms with Crippen molar-refractivity contribution in [3.05, 3.63) is 0 Å². The van der Waals surface area contributed by atoms with Crippen molar-refractivity contribution in [2.75, 3.05) is 12.4 Å². The summed E-state index contributed by atoms with van der Waals surface area (Å²) in [6.07, 6.45) is 3.38. The minimum absolute atomic E-state index is 0.304. The zero-order valence-electron chi connectivity index (χ0n) is 8.62. The highest BCUT2D eigenvalue weighted by atomic mass is 32.2. The predicted molar refractivity (Wildman–Crippen MR) is 58.9 cm³/mol. The molecule has 0 spiro atoms. The molecule has 1 rings (SSSR count). The molecule has 2 nitrogen and oxygen atoms in total. The highest BCUT2D eigenvalue weighted by molar-refractivity contribution is 7.99. The van der Waals surface area contributed by atoms with Crippen molar-refractivity contribution in [1.29, 1.82) is 0 Å². The van der Waals surface area contributed by atoms with Crippen LogP contribution in [0.1, 0.15) is 33.1 Å². The molecule has 0 saturated heterocycles. The first-order chi connectivity index (χ1) is 6.08. The monoisotopic (exact) mass is 203 g/mol. The molecule has 0 aromatic carbocycles. The molecule has 13 heavy (non-hydrogen) atoms. The Morgan fingerprint density at radius 3 is 2.69 bits per heavy atom. The summed E-state index contributed by atoms with van der Waals surface area (Å²) in [4.78, 5) is 0. The molecule has 0 heterocycles. The minimum Gasteiger partial charge on any atom is -0.396 e. The first kappa shape index (κ1) is 11.3. The maximum absolute atomic E-state index is 8.66. The molecule has 0 aromatic heterocycles. The molecule has 0 radical (unpaired) electrons. The number of aliphatic hydroxyl groups is 1. The summed E-state index contributed by atoms with van der Waals surface area (Å²) < 4.78 is 0. The van der Waals surface area contributed by atoms with Crippen molar-refractivity contribution in [2.45, 2.75) is 44.4 Å². The molecule has 2 atom stereocenters. The predicted octanol–water partition coefficient (Wildman–Crippen LogP) is 1.62. The molecule has 1 saturated carbocycles. The quantitative estimate of drug-likeness (QED) is 0.683. The number of nitrogens with two attached hydrogens (primary N) is 1. The Bertz CT molecular complexity index is 161. The van der Waals surface area contributed by atoms with Crippen LogP contribution < -0.4 is 5.73 Å². The van der Waals surface area contributed by atoms with Crippen LogP contribution in [0.25, 0.3) is 0 Å². The van der Waals surface area contributed by atoms with Gasteiger partial charge in [-0.25, -0.2) is 0 Å². The number of hydrogen-bond donors (Lipinski definition) is 2. The normalized spacial score (nSPS) is 32.3. The molecule has 1 aliphatic carbocycles. The van der Waals surface area contributed by atoms with Gasteiger partial charge >= 0.3 is 0 Å². The summed E-state index contributed by atoms with van der Waals surface area (Å²) in [5.41, 5.74) is 6.47. The molecule has 0 aromatic rings. The van der Waals surface area contributed by atoms with Crippen molar-refractivity contribution >= 4 is 11.8 Å². The average molecular weight is 203 g/mol. The second-order valence-corrected chi connectivity index (χ2v) is 5.89. The van der Waals surface area contributed by atoms with E-state index >= 15 is 0 Å². The van der Waals surface area contributed by atoms with E-state index in [9.17, 15) is 0 Å². The van der Waals surface area contributed by atoms with Gasteiger partial charge in [-0.1, -0.05) is 13.8 Å². The van der Waals surface area contributed by atoms with Gasteiger partial charge in [0.1, 0.15) is 0 Å². The Morgan fingerprint density at radius 2 is 2.23 bits per heavy atom. The van der Waals surface area contributed by atoms with Crippen LogP contribution in [0.3, 0.4) is 0 Å². The van der Waals surface area contributed by atoms with Crippen LogP contribution in [0.15, 0.2) is 0 Å². The lowest BCUT2D eigenvalue weighted by molar-refractivity contribution is 0.296. The van der Waals surface area contributed by atoms with Gasteiger partial charge in [-0.2, -0.15) is 11.8 Å². The fourth-order valence-corrected chi connectivity index (χ4v) is 3.31. The Balaban J connectivity index is 2.29. The van der Waals surface area contributed by atoms with Crippen LogP contribution in [-0.2, 0) is 0 Å². The van der Waals surface area contributed by atoms with Crippen molar-refractivity contribution in [2.24, 2.45) is 11.1 Å². The van der Waals surface area contributed by atoms with Gasteiger partial charge in [0.05, 0.1) is 0 Å². The number of aliphatic hydroxyl groups excluding tert-OH is 1. The van der Waals surface area contributed by atoms with E-state index in [2.05, 4.69) is 13.8 Å². The summed E-state index contributed by atoms with van der Waals surface area (Å²) in [5, 5.41) is 9.28. The highest BCUT2D eigenvalue weighted by Crippen LogP contribution is 2.41. The largest absolute Gasteiger partial charge is 0.396 e. The van der Waals surface area contributed by atoms with Crippen LogP contribution in [0, 0.1) is 5.41 Å². The van der Waals surface area contributed by atoms with Crippen molar-refractivity contribution in [3.63, 3.8) is 0 Å². The molecule has 1 aliphatic rings. The van der Waals surface area contributed by atoms with Crippen molar-refractivity contribution in [1.82, 2.24) is 0 Å². The smallest absolute Gasteiger partial charge is 0.0438 e. The maximum Gasteiger partial charge on any atom is 0.0438 e. The standard InChI is InChI=1S/C10H21NOS/c1-10(2)5-4-8(9(10)11)13-7-3-6-12/h8-9,12H,3-7,11H2,1-2H3. The van der Waals surface area contributed by atoms with Gasteiger partial charge in [-0.15, -0.1) is 0 Å². The van der Waals surface area contributed by atoms with Gasteiger partial charge in [-0.05, 0) is 30.4 Å². The lowest BCUT2D eigenvalue weighted by Crippen LogP contribution is -2.38. The molecule has 1 fully saturated rings. The molecule has 0 bridgehead atoms. The molecule has 3 N–H and O–H groups in total. The maximum atomic E-state index is 8.66. The summed E-state index contributed by atoms with van der Waals surface area (Å²) in [6, 6.07) is 0.330. The van der Waals surface area contributed by atoms with Crippen LogP contribution >= 0.6 is 11.8 Å². The minimum atomic E-state index is 0.304. The fraction of sp³-hybridized carbons (Fsp3) is 1.00. The van der Waals surface area contributed by atoms with E-state index in [4.69, 9.17) is 10.8 Å². The van der Waals surface area contributed by atoms with Crippen LogP contribution in [-0.4, -0.2) is 28.8 Å². The van der Waals surface area contributed by atoms with E-state index < -0.39 is 0 Å². The third-order valence-electron chi connectivity index (χ3n) is 3.01. The van der Waals surface area contributed by atoms with Crippen LogP contribution in [0.2, 0.25) is 0 Å². The van der Waals surface area contributed by atoms with Crippen LogP contribution in [0.5, 0.6) is 0 Å². The van der Waals surface area contributed by atoms with Gasteiger partial charge in [-0.3, -0.25) is 0 Å². The van der Waals surface area contributed by atoms with Crippen molar-refractivity contribution < 1.29 is 5.11 Å². The van der Waals surface area contributed by atoms with E-state index in [1.165, 1.54) is 12.8 Å². The highest BCUT2D eigenvalue weighted by Gasteiger charge is 2.39. The lowest BCUT2D eigenvalue weighted by atomic mass is 9.88. The van der Waals surface area contributed by atoms with E-state index in [-0.39, 0.29) is 0 Å². The number of rotatable bonds is 4. The summed E-state index contributed by atoms with van der Waals surface area (Å²) in [5.74, 6) is 1.05. The van der Waals surface area contributed by atoms with E-state index in [1.54, 1.807) is 0 Å². The van der Waals surface area contributed by atoms with Gasteiger partial charge in [0.2, 0.25) is 0 Å². The third-order valence-corrected chi connectivity index (χ3v) is 4.49. The molecular formula is C10H21NOS. The Hall–Kier alpha value is 0.270. The summed E-state index contributed by atoms with van der Waals surface area (Å²) in [7, 11) is 0. The number of thioether (sulfide) groups is 1. The molecule has 0 amide bonds. The summed E-state index contributed by atoms with van der Waals surface area (Å²) in [6.45, 7) is 4.81. The Labute approximate surface area is 85.3 Å². The second kappa shape index (κ2) is 4.67. The van der Waals surface area contributed by atoms with E-state index in [0.717, 1.165) is 12.2 Å². The zero-order chi connectivity index (χ0) is 9.90. The topological polar surface area (TPSA) is 46.2 Å². The fourth-order valence-electron chi connectivity index (χ4n) is 1.85. The lowest BCUT2D eigenvalue weighted by Gasteiger charge is -2.26. The molecular weight excluding hydrogens is 182 g/mol. The Morgan fingerprint density at radius 1 is 1.54 bits per heavy atom. The summed E-state index contributed by atoms with van der Waals surface area (Å²) >= 11 is 1.93.